The molecule has 0 radical (unpaired) electrons. The topological polar surface area (TPSA) is 72.3 Å². The standard InChI is InChI=1S/C28H26F3N5O2/c1-35-17-33-24-7-4-18(10-25(24)35)27-19(11-32-12-23(27)29)5-8-26(37)34-22-6-3-20-13-36(14-21(20)9-22)15-28(30,31)16-38-2/h3-12,17H,13-16H2,1-2H3,(H,34,37). The highest BCUT2D eigenvalue weighted by Crippen LogP contribution is 2.31. The lowest BCUT2D eigenvalue weighted by molar-refractivity contribution is -0.111. The van der Waals surface area contributed by atoms with E-state index in [1.165, 1.54) is 25.5 Å². The lowest BCUT2D eigenvalue weighted by Gasteiger charge is -2.22. The van der Waals surface area contributed by atoms with E-state index in [9.17, 15) is 18.0 Å². The van der Waals surface area contributed by atoms with Crippen molar-refractivity contribution in [3.8, 4) is 11.1 Å². The number of imidazole rings is 1. The Morgan fingerprint density at radius 2 is 1.97 bits per heavy atom. The Hall–Kier alpha value is -4.02. The largest absolute Gasteiger partial charge is 0.378 e. The van der Waals surface area contributed by atoms with Crippen molar-refractivity contribution in [2.45, 2.75) is 19.0 Å². The SMILES string of the molecule is COCC(F)(F)CN1Cc2ccc(NC(=O)C=Cc3cncc(F)c3-c3ccc4ncn(C)c4c3)cc2C1. The molecule has 1 N–H and O–H groups in total. The van der Waals surface area contributed by atoms with E-state index < -0.39 is 30.8 Å². The number of aromatic nitrogens is 3. The van der Waals surface area contributed by atoms with E-state index in [0.29, 0.717) is 35.5 Å². The number of ether oxygens (including phenoxy) is 1. The molecule has 1 aliphatic heterocycles. The second-order valence-corrected chi connectivity index (χ2v) is 9.38. The predicted molar refractivity (Wildman–Crippen MR) is 139 cm³/mol. The first-order chi connectivity index (χ1) is 18.2. The maximum absolute atomic E-state index is 14.9. The smallest absolute Gasteiger partial charge is 0.283 e. The van der Waals surface area contributed by atoms with Crippen molar-refractivity contribution in [2.24, 2.45) is 7.05 Å². The molecule has 0 saturated carbocycles. The summed E-state index contributed by atoms with van der Waals surface area (Å²) in [6.07, 6.45) is 7.16. The number of methoxy groups -OCH3 is 1. The van der Waals surface area contributed by atoms with Crippen molar-refractivity contribution in [1.29, 1.82) is 0 Å². The van der Waals surface area contributed by atoms with Crippen LogP contribution in [0.15, 0.2) is 61.2 Å². The van der Waals surface area contributed by atoms with Gasteiger partial charge in [0.25, 0.3) is 5.92 Å². The van der Waals surface area contributed by atoms with E-state index in [1.54, 1.807) is 29.4 Å². The minimum atomic E-state index is -2.94. The Balaban J connectivity index is 1.30. The lowest BCUT2D eigenvalue weighted by atomic mass is 10.00. The van der Waals surface area contributed by atoms with Gasteiger partial charge in [-0.25, -0.2) is 18.2 Å². The van der Waals surface area contributed by atoms with Crippen LogP contribution >= 0.6 is 0 Å². The Bertz CT molecular complexity index is 1530. The summed E-state index contributed by atoms with van der Waals surface area (Å²) in [5.74, 6) is -3.86. The Morgan fingerprint density at radius 3 is 2.79 bits per heavy atom. The molecule has 1 aliphatic rings. The molecule has 10 heteroatoms. The highest BCUT2D eigenvalue weighted by Gasteiger charge is 2.34. The number of carbonyl (C=O) groups excluding carboxylic acids is 1. The fourth-order valence-electron chi connectivity index (χ4n) is 4.75. The van der Waals surface area contributed by atoms with Crippen LogP contribution in [-0.2, 0) is 29.7 Å². The number of carbonyl (C=O) groups is 1. The Labute approximate surface area is 217 Å². The molecular weight excluding hydrogens is 495 g/mol. The van der Waals surface area contributed by atoms with Crippen molar-refractivity contribution in [3.63, 3.8) is 0 Å². The number of hydrogen-bond acceptors (Lipinski definition) is 5. The van der Waals surface area contributed by atoms with Gasteiger partial charge < -0.3 is 14.6 Å². The van der Waals surface area contributed by atoms with Gasteiger partial charge in [-0.1, -0.05) is 12.1 Å². The van der Waals surface area contributed by atoms with Gasteiger partial charge in [0.15, 0.2) is 0 Å². The predicted octanol–water partition coefficient (Wildman–Crippen LogP) is 5.02. The first-order valence-electron chi connectivity index (χ1n) is 12.0. The lowest BCUT2D eigenvalue weighted by Crippen LogP contribution is -2.37. The van der Waals surface area contributed by atoms with Gasteiger partial charge in [0.2, 0.25) is 5.91 Å². The summed E-state index contributed by atoms with van der Waals surface area (Å²) in [4.78, 5) is 22.6. The van der Waals surface area contributed by atoms with Gasteiger partial charge in [-0.15, -0.1) is 0 Å². The summed E-state index contributed by atoms with van der Waals surface area (Å²) in [6.45, 7) is -0.276. The third-order valence-corrected chi connectivity index (χ3v) is 6.43. The molecule has 1 amide bonds. The molecule has 2 aromatic carbocycles. The highest BCUT2D eigenvalue weighted by molar-refractivity contribution is 6.02. The first-order valence-corrected chi connectivity index (χ1v) is 12.0. The average molecular weight is 522 g/mol. The van der Waals surface area contributed by atoms with Crippen molar-refractivity contribution in [3.05, 3.63) is 83.7 Å². The molecule has 5 rings (SSSR count). The number of benzene rings is 2. The molecule has 0 atom stereocenters. The van der Waals surface area contributed by atoms with Crippen LogP contribution < -0.4 is 5.32 Å². The minimum Gasteiger partial charge on any atom is -0.378 e. The van der Waals surface area contributed by atoms with E-state index in [1.807, 2.05) is 29.8 Å². The number of amides is 1. The average Bonchev–Trinajstić information content (AvgIpc) is 3.44. The molecular formula is C28H26F3N5O2. The third-order valence-electron chi connectivity index (χ3n) is 6.43. The number of pyridine rings is 1. The molecule has 196 valence electrons. The van der Waals surface area contributed by atoms with E-state index >= 15 is 0 Å². The molecule has 2 aromatic heterocycles. The van der Waals surface area contributed by atoms with Crippen molar-refractivity contribution < 1.29 is 22.7 Å². The molecule has 0 bridgehead atoms. The third kappa shape index (κ3) is 5.46. The molecule has 38 heavy (non-hydrogen) atoms. The summed E-state index contributed by atoms with van der Waals surface area (Å²) in [7, 11) is 3.11. The van der Waals surface area contributed by atoms with E-state index in [-0.39, 0.29) is 0 Å². The molecule has 0 aliphatic carbocycles. The number of alkyl halides is 2. The molecule has 3 heterocycles. The fourth-order valence-corrected chi connectivity index (χ4v) is 4.75. The van der Waals surface area contributed by atoms with Crippen LogP contribution in [0.25, 0.3) is 28.2 Å². The van der Waals surface area contributed by atoms with Crippen LogP contribution in [0.5, 0.6) is 0 Å². The van der Waals surface area contributed by atoms with Crippen LogP contribution in [0, 0.1) is 5.82 Å². The van der Waals surface area contributed by atoms with Crippen LogP contribution in [0.1, 0.15) is 16.7 Å². The zero-order chi connectivity index (χ0) is 26.9. The second kappa shape index (κ2) is 10.4. The highest BCUT2D eigenvalue weighted by atomic mass is 19.3. The van der Waals surface area contributed by atoms with Gasteiger partial charge in [0.05, 0.1) is 30.1 Å². The van der Waals surface area contributed by atoms with Crippen LogP contribution in [0.4, 0.5) is 18.9 Å². The van der Waals surface area contributed by atoms with Gasteiger partial charge in [-0.05, 0) is 47.0 Å². The monoisotopic (exact) mass is 521 g/mol. The Kier molecular flexibility index (Phi) is 7.00. The fraction of sp³-hybridized carbons (Fsp3) is 0.250. The molecule has 0 fully saturated rings. The maximum Gasteiger partial charge on any atom is 0.283 e. The number of anilines is 1. The number of hydrogen-bond donors (Lipinski definition) is 1. The number of nitrogens with zero attached hydrogens (tertiary/aromatic N) is 4. The quantitative estimate of drug-likeness (QED) is 0.330. The summed E-state index contributed by atoms with van der Waals surface area (Å²) < 4.78 is 49.2. The summed E-state index contributed by atoms with van der Waals surface area (Å²) >= 11 is 0. The van der Waals surface area contributed by atoms with Gasteiger partial charge in [0.1, 0.15) is 12.4 Å². The van der Waals surface area contributed by atoms with E-state index in [0.717, 1.165) is 28.4 Å². The summed E-state index contributed by atoms with van der Waals surface area (Å²) in [5.41, 5.74) is 5.42. The van der Waals surface area contributed by atoms with Crippen LogP contribution in [0.2, 0.25) is 0 Å². The number of halogens is 3. The molecule has 0 spiro atoms. The minimum absolute atomic E-state index is 0.329. The molecule has 0 unspecified atom stereocenters. The summed E-state index contributed by atoms with van der Waals surface area (Å²) in [6, 6.07) is 10.8. The number of nitrogens with one attached hydrogen (secondary N) is 1. The zero-order valence-corrected chi connectivity index (χ0v) is 20.9. The van der Waals surface area contributed by atoms with E-state index in [4.69, 9.17) is 0 Å². The number of fused-ring (bicyclic) bond motifs is 2. The second-order valence-electron chi connectivity index (χ2n) is 9.38. The van der Waals surface area contributed by atoms with Crippen molar-refractivity contribution in [1.82, 2.24) is 19.4 Å². The van der Waals surface area contributed by atoms with Gasteiger partial charge in [-0.3, -0.25) is 14.7 Å². The van der Waals surface area contributed by atoms with Crippen LogP contribution in [0.3, 0.4) is 0 Å². The van der Waals surface area contributed by atoms with E-state index in [2.05, 4.69) is 20.0 Å². The number of aryl methyl sites for hydroxylation is 1. The van der Waals surface area contributed by atoms with Crippen LogP contribution in [-0.4, -0.2) is 51.5 Å². The molecule has 7 nitrogen and oxygen atoms in total. The normalized spacial score (nSPS) is 13.9. The molecule has 0 saturated heterocycles. The maximum atomic E-state index is 14.9. The number of rotatable bonds is 8. The van der Waals surface area contributed by atoms with Gasteiger partial charge in [0, 0.05) is 56.3 Å². The van der Waals surface area contributed by atoms with Gasteiger partial charge in [-0.2, -0.15) is 0 Å². The molecule has 4 aromatic rings. The first kappa shape index (κ1) is 25.6. The Morgan fingerprint density at radius 1 is 1.16 bits per heavy atom. The van der Waals surface area contributed by atoms with Gasteiger partial charge >= 0.3 is 0 Å². The van der Waals surface area contributed by atoms with Crippen molar-refractivity contribution >= 4 is 28.7 Å². The van der Waals surface area contributed by atoms with Crippen molar-refractivity contribution in [2.75, 3.05) is 25.6 Å². The summed E-state index contributed by atoms with van der Waals surface area (Å²) in [5, 5.41) is 2.79. The zero-order valence-electron chi connectivity index (χ0n) is 20.9.